The number of aliphatic hydroxyl groups excluding tert-OH is 1. The summed E-state index contributed by atoms with van der Waals surface area (Å²) in [5.74, 6) is 0. The lowest BCUT2D eigenvalue weighted by Crippen LogP contribution is -2.08. The Hall–Kier alpha value is -0.450. The number of nitrogens with two attached hydrogens (primary N) is 1. The van der Waals surface area contributed by atoms with Gasteiger partial charge in [0.15, 0.2) is 6.29 Å². The number of nitrogens with zero attached hydrogens (tertiary/aromatic N) is 1. The average Bonchev–Trinajstić information content (AvgIpc) is 1.66. The van der Waals surface area contributed by atoms with Crippen LogP contribution in [0.4, 0.5) is 0 Å². The van der Waals surface area contributed by atoms with Gasteiger partial charge in [-0.1, -0.05) is 0 Å². The van der Waals surface area contributed by atoms with Crippen molar-refractivity contribution in [2.24, 2.45) is 10.7 Å². The number of rotatable bonds is 3. The molecule has 0 amide bonds. The smallest absolute Gasteiger partial charge is 0.188 e. The minimum absolute atomic E-state index is 0.434. The molecule has 48 valence electrons. The standard InChI is InChI=1S/C4H10N2O2/c5-1-2-6-3-4(7)8/h3-4,7-8H,1-2,5H2. The third-order valence-electron chi connectivity index (χ3n) is 0.497. The van der Waals surface area contributed by atoms with E-state index in [1.54, 1.807) is 0 Å². The topological polar surface area (TPSA) is 78.8 Å². The second-order valence-corrected chi connectivity index (χ2v) is 1.26. The van der Waals surface area contributed by atoms with Gasteiger partial charge in [-0.25, -0.2) is 0 Å². The summed E-state index contributed by atoms with van der Waals surface area (Å²) in [5, 5.41) is 16.3. The highest BCUT2D eigenvalue weighted by molar-refractivity contribution is 5.60. The van der Waals surface area contributed by atoms with Crippen LogP contribution in [0, 0.1) is 0 Å². The molecule has 0 bridgehead atoms. The highest BCUT2D eigenvalue weighted by Gasteiger charge is 1.84. The van der Waals surface area contributed by atoms with Crippen molar-refractivity contribution in [3.8, 4) is 0 Å². The van der Waals surface area contributed by atoms with Gasteiger partial charge in [0, 0.05) is 6.54 Å². The summed E-state index contributed by atoms with van der Waals surface area (Å²) in [5.41, 5.74) is 5.04. The molecule has 8 heavy (non-hydrogen) atoms. The molecular formula is C4H10N2O2. The van der Waals surface area contributed by atoms with Crippen LogP contribution >= 0.6 is 0 Å². The Labute approximate surface area is 47.7 Å². The van der Waals surface area contributed by atoms with Crippen molar-refractivity contribution in [2.45, 2.75) is 6.29 Å². The third kappa shape index (κ3) is 5.55. The molecule has 0 aromatic rings. The van der Waals surface area contributed by atoms with Gasteiger partial charge in [-0.05, 0) is 0 Å². The van der Waals surface area contributed by atoms with Crippen LogP contribution in [0.2, 0.25) is 0 Å². The Bertz CT molecular complexity index is 72.4. The zero-order valence-corrected chi connectivity index (χ0v) is 4.49. The summed E-state index contributed by atoms with van der Waals surface area (Å²) >= 11 is 0. The Morgan fingerprint density at radius 1 is 1.62 bits per heavy atom. The molecule has 0 heterocycles. The van der Waals surface area contributed by atoms with E-state index in [4.69, 9.17) is 15.9 Å². The third-order valence-corrected chi connectivity index (χ3v) is 0.497. The SMILES string of the molecule is NCCN=CC(O)O. The van der Waals surface area contributed by atoms with Crippen molar-refractivity contribution >= 4 is 6.21 Å². The fraction of sp³-hybridized carbons (Fsp3) is 0.750. The Kier molecular flexibility index (Phi) is 4.44. The molecule has 0 fully saturated rings. The number of hydrogen-bond acceptors (Lipinski definition) is 4. The van der Waals surface area contributed by atoms with E-state index in [0.29, 0.717) is 13.1 Å². The first-order valence-corrected chi connectivity index (χ1v) is 2.33. The molecule has 0 atom stereocenters. The van der Waals surface area contributed by atoms with E-state index in [-0.39, 0.29) is 0 Å². The molecule has 4 N–H and O–H groups in total. The second kappa shape index (κ2) is 4.70. The van der Waals surface area contributed by atoms with Gasteiger partial charge in [0.1, 0.15) is 0 Å². The number of aliphatic imine (C=N–C) groups is 1. The minimum Gasteiger partial charge on any atom is -0.364 e. The van der Waals surface area contributed by atoms with Gasteiger partial charge >= 0.3 is 0 Å². The maximum Gasteiger partial charge on any atom is 0.188 e. The lowest BCUT2D eigenvalue weighted by Gasteiger charge is -1.90. The lowest BCUT2D eigenvalue weighted by atomic mass is 10.6. The molecule has 0 aromatic carbocycles. The van der Waals surface area contributed by atoms with E-state index in [2.05, 4.69) is 4.99 Å². The van der Waals surface area contributed by atoms with Crippen LogP contribution in [0.5, 0.6) is 0 Å². The second-order valence-electron chi connectivity index (χ2n) is 1.26. The van der Waals surface area contributed by atoms with E-state index in [0.717, 1.165) is 6.21 Å². The molecule has 0 rings (SSSR count). The van der Waals surface area contributed by atoms with Crippen molar-refractivity contribution in [2.75, 3.05) is 13.1 Å². The summed E-state index contributed by atoms with van der Waals surface area (Å²) in [7, 11) is 0. The van der Waals surface area contributed by atoms with Crippen LogP contribution in [0.1, 0.15) is 0 Å². The molecule has 0 aromatic heterocycles. The first kappa shape index (κ1) is 7.55. The molecule has 4 heteroatoms. The van der Waals surface area contributed by atoms with E-state index >= 15 is 0 Å². The van der Waals surface area contributed by atoms with Crippen LogP contribution in [0.25, 0.3) is 0 Å². The van der Waals surface area contributed by atoms with E-state index in [1.165, 1.54) is 0 Å². The van der Waals surface area contributed by atoms with Gasteiger partial charge in [-0.3, -0.25) is 4.99 Å². The minimum atomic E-state index is -1.44. The molecule has 0 aliphatic heterocycles. The molecule has 0 aliphatic rings. The summed E-state index contributed by atoms with van der Waals surface area (Å²) in [6.07, 6.45) is -0.408. The van der Waals surface area contributed by atoms with Crippen LogP contribution in [-0.2, 0) is 0 Å². The van der Waals surface area contributed by atoms with Crippen LogP contribution in [-0.4, -0.2) is 35.8 Å². The Morgan fingerprint density at radius 3 is 2.62 bits per heavy atom. The monoisotopic (exact) mass is 118 g/mol. The van der Waals surface area contributed by atoms with Crippen molar-refractivity contribution in [3.05, 3.63) is 0 Å². The molecule has 0 radical (unpaired) electrons. The largest absolute Gasteiger partial charge is 0.364 e. The Morgan fingerprint density at radius 2 is 2.25 bits per heavy atom. The summed E-state index contributed by atoms with van der Waals surface area (Å²) < 4.78 is 0. The maximum atomic E-state index is 8.14. The van der Waals surface area contributed by atoms with Gasteiger partial charge in [-0.15, -0.1) is 0 Å². The van der Waals surface area contributed by atoms with Gasteiger partial charge in [0.2, 0.25) is 0 Å². The van der Waals surface area contributed by atoms with Crippen molar-refractivity contribution in [1.82, 2.24) is 0 Å². The normalized spacial score (nSPS) is 11.5. The van der Waals surface area contributed by atoms with E-state index in [9.17, 15) is 0 Å². The number of hydrogen-bond donors (Lipinski definition) is 3. The molecule has 0 saturated carbocycles. The van der Waals surface area contributed by atoms with E-state index in [1.807, 2.05) is 0 Å². The first-order valence-electron chi connectivity index (χ1n) is 2.33. The van der Waals surface area contributed by atoms with Gasteiger partial charge in [0.05, 0.1) is 12.8 Å². The van der Waals surface area contributed by atoms with Gasteiger partial charge < -0.3 is 15.9 Å². The fourth-order valence-corrected chi connectivity index (χ4v) is 0.243. The zero-order valence-electron chi connectivity index (χ0n) is 4.49. The summed E-state index contributed by atoms with van der Waals surface area (Å²) in [6.45, 7) is 0.876. The average molecular weight is 118 g/mol. The molecule has 0 unspecified atom stereocenters. The van der Waals surface area contributed by atoms with Gasteiger partial charge in [-0.2, -0.15) is 0 Å². The highest BCUT2D eigenvalue weighted by atomic mass is 16.5. The van der Waals surface area contributed by atoms with Crippen LogP contribution in [0.3, 0.4) is 0 Å². The molecule has 4 nitrogen and oxygen atoms in total. The fourth-order valence-electron chi connectivity index (χ4n) is 0.243. The molecule has 0 aliphatic carbocycles. The predicted molar refractivity (Wildman–Crippen MR) is 30.6 cm³/mol. The molecular weight excluding hydrogens is 108 g/mol. The lowest BCUT2D eigenvalue weighted by molar-refractivity contribution is 0.0237. The van der Waals surface area contributed by atoms with Crippen molar-refractivity contribution < 1.29 is 10.2 Å². The molecule has 0 spiro atoms. The summed E-state index contributed by atoms with van der Waals surface area (Å²) in [4.78, 5) is 3.54. The summed E-state index contributed by atoms with van der Waals surface area (Å²) in [6, 6.07) is 0. The highest BCUT2D eigenvalue weighted by Crippen LogP contribution is 1.67. The maximum absolute atomic E-state index is 8.14. The quantitative estimate of drug-likeness (QED) is 0.306. The van der Waals surface area contributed by atoms with Crippen LogP contribution in [0.15, 0.2) is 4.99 Å². The van der Waals surface area contributed by atoms with E-state index < -0.39 is 6.29 Å². The van der Waals surface area contributed by atoms with Gasteiger partial charge in [0.25, 0.3) is 0 Å². The molecule has 0 saturated heterocycles. The zero-order chi connectivity index (χ0) is 6.41. The van der Waals surface area contributed by atoms with Crippen molar-refractivity contribution in [3.63, 3.8) is 0 Å². The number of aliphatic hydroxyl groups is 2. The first-order chi connectivity index (χ1) is 3.77. The van der Waals surface area contributed by atoms with Crippen molar-refractivity contribution in [1.29, 1.82) is 0 Å². The van der Waals surface area contributed by atoms with Crippen LogP contribution < -0.4 is 5.73 Å². The predicted octanol–water partition coefficient (Wildman–Crippen LogP) is -1.67. The Balaban J connectivity index is 3.07.